The van der Waals surface area contributed by atoms with Gasteiger partial charge in [0.05, 0.1) is 0 Å². The van der Waals surface area contributed by atoms with Crippen molar-refractivity contribution in [3.05, 3.63) is 71.0 Å². The molecule has 0 radical (unpaired) electrons. The normalized spacial score (nSPS) is 15.4. The molecule has 1 saturated carbocycles. The smallest absolute Gasteiger partial charge is 0.248 e. The van der Waals surface area contributed by atoms with Gasteiger partial charge in [0.2, 0.25) is 5.91 Å². The first kappa shape index (κ1) is 17.9. The van der Waals surface area contributed by atoms with Crippen molar-refractivity contribution in [3.8, 4) is 0 Å². The predicted octanol–water partition coefficient (Wildman–Crippen LogP) is 2.32. The van der Waals surface area contributed by atoms with Crippen molar-refractivity contribution in [3.63, 3.8) is 0 Å². The highest BCUT2D eigenvalue weighted by Crippen LogP contribution is 2.47. The van der Waals surface area contributed by atoms with Gasteiger partial charge in [0, 0.05) is 31.1 Å². The first-order valence-corrected chi connectivity index (χ1v) is 8.62. The lowest BCUT2D eigenvalue weighted by Crippen LogP contribution is -2.40. The monoisotopic (exact) mass is 354 g/mol. The molecule has 0 saturated heterocycles. The largest absolute Gasteiger partial charge is 0.366 e. The molecule has 0 spiro atoms. The van der Waals surface area contributed by atoms with Crippen LogP contribution in [0.2, 0.25) is 0 Å². The highest BCUT2D eigenvalue weighted by atomic mass is 19.1. The van der Waals surface area contributed by atoms with Crippen LogP contribution in [-0.4, -0.2) is 25.5 Å². The summed E-state index contributed by atoms with van der Waals surface area (Å²) in [7, 11) is 1.72. The number of nitrogens with one attached hydrogen (secondary N) is 2. The van der Waals surface area contributed by atoms with Crippen LogP contribution in [0.3, 0.4) is 0 Å². The third kappa shape index (κ3) is 4.20. The summed E-state index contributed by atoms with van der Waals surface area (Å²) in [6.07, 6.45) is 2.07. The molecular weight excluding hydrogens is 331 g/mol. The summed E-state index contributed by atoms with van der Waals surface area (Å²) in [6.45, 7) is 1.28. The van der Waals surface area contributed by atoms with Gasteiger partial charge in [0.1, 0.15) is 5.82 Å². The molecule has 4 N–H and O–H groups in total. The maximum Gasteiger partial charge on any atom is 0.248 e. The number of benzene rings is 2. The fourth-order valence-corrected chi connectivity index (χ4v) is 2.98. The van der Waals surface area contributed by atoms with Crippen LogP contribution < -0.4 is 16.4 Å². The molecule has 3 rings (SSSR count). The third-order valence-electron chi connectivity index (χ3n) is 4.81. The van der Waals surface area contributed by atoms with E-state index in [-0.39, 0.29) is 11.2 Å². The molecule has 0 atom stereocenters. The van der Waals surface area contributed by atoms with E-state index in [1.54, 1.807) is 31.3 Å². The predicted molar refractivity (Wildman–Crippen MR) is 100 cm³/mol. The van der Waals surface area contributed by atoms with E-state index in [9.17, 15) is 9.18 Å². The second-order valence-corrected chi connectivity index (χ2v) is 6.63. The van der Waals surface area contributed by atoms with E-state index in [1.807, 2.05) is 18.2 Å². The summed E-state index contributed by atoms with van der Waals surface area (Å²) in [5.41, 5.74) is 7.77. The van der Waals surface area contributed by atoms with Gasteiger partial charge >= 0.3 is 0 Å². The number of hydrogen-bond acceptors (Lipinski definition) is 2. The van der Waals surface area contributed by atoms with Crippen molar-refractivity contribution in [2.45, 2.75) is 24.8 Å². The Bertz CT molecular complexity index is 813. The molecule has 2 aromatic carbocycles. The molecular formula is C20H23FN4O. The fraction of sp³-hybridized carbons (Fsp3) is 0.300. The van der Waals surface area contributed by atoms with Crippen molar-refractivity contribution in [1.29, 1.82) is 0 Å². The van der Waals surface area contributed by atoms with Crippen LogP contribution in [0.4, 0.5) is 4.39 Å². The minimum Gasteiger partial charge on any atom is -0.366 e. The number of carbonyl (C=O) groups is 1. The van der Waals surface area contributed by atoms with Gasteiger partial charge in [0.15, 0.2) is 5.96 Å². The quantitative estimate of drug-likeness (QED) is 0.550. The summed E-state index contributed by atoms with van der Waals surface area (Å²) >= 11 is 0. The van der Waals surface area contributed by atoms with Crippen LogP contribution in [0, 0.1) is 5.82 Å². The number of nitrogens with two attached hydrogens (primary N) is 1. The zero-order valence-corrected chi connectivity index (χ0v) is 14.8. The number of primary amides is 1. The molecule has 2 aromatic rings. The average molecular weight is 354 g/mol. The summed E-state index contributed by atoms with van der Waals surface area (Å²) < 4.78 is 13.5. The van der Waals surface area contributed by atoms with E-state index in [2.05, 4.69) is 15.6 Å². The van der Waals surface area contributed by atoms with Crippen molar-refractivity contribution < 1.29 is 9.18 Å². The second kappa shape index (κ2) is 7.56. The minimum atomic E-state index is -0.436. The van der Waals surface area contributed by atoms with Crippen molar-refractivity contribution in [2.75, 3.05) is 13.6 Å². The fourth-order valence-electron chi connectivity index (χ4n) is 2.98. The van der Waals surface area contributed by atoms with Gasteiger partial charge < -0.3 is 16.4 Å². The maximum absolute atomic E-state index is 13.5. The van der Waals surface area contributed by atoms with Gasteiger partial charge in [-0.15, -0.1) is 0 Å². The van der Waals surface area contributed by atoms with Crippen LogP contribution >= 0.6 is 0 Å². The highest BCUT2D eigenvalue weighted by Gasteiger charge is 2.44. The van der Waals surface area contributed by atoms with Crippen molar-refractivity contribution in [1.82, 2.24) is 10.6 Å². The second-order valence-electron chi connectivity index (χ2n) is 6.63. The summed E-state index contributed by atoms with van der Waals surface area (Å²) in [5.74, 6) is 0.0522. The van der Waals surface area contributed by atoms with Gasteiger partial charge in [-0.2, -0.15) is 0 Å². The maximum atomic E-state index is 13.5. The van der Waals surface area contributed by atoms with E-state index in [1.165, 1.54) is 6.07 Å². The lowest BCUT2D eigenvalue weighted by atomic mass is 9.96. The Labute approximate surface area is 152 Å². The first-order chi connectivity index (χ1) is 12.5. The molecule has 1 aliphatic rings. The van der Waals surface area contributed by atoms with Crippen molar-refractivity contribution >= 4 is 11.9 Å². The van der Waals surface area contributed by atoms with Gasteiger partial charge in [0.25, 0.3) is 0 Å². The summed E-state index contributed by atoms with van der Waals surface area (Å²) in [5, 5.41) is 6.58. The topological polar surface area (TPSA) is 79.5 Å². The van der Waals surface area contributed by atoms with E-state index in [0.29, 0.717) is 24.6 Å². The van der Waals surface area contributed by atoms with Gasteiger partial charge in [-0.1, -0.05) is 24.3 Å². The number of carbonyl (C=O) groups excluding carboxylic acids is 1. The van der Waals surface area contributed by atoms with Gasteiger partial charge in [-0.05, 0) is 48.2 Å². The molecule has 136 valence electrons. The molecule has 1 amide bonds. The Morgan fingerprint density at radius 1 is 1.19 bits per heavy atom. The number of rotatable bonds is 6. The first-order valence-electron chi connectivity index (χ1n) is 8.62. The number of nitrogens with zero attached hydrogens (tertiary/aromatic N) is 1. The summed E-state index contributed by atoms with van der Waals surface area (Å²) in [6, 6.07) is 14.0. The number of hydrogen-bond donors (Lipinski definition) is 3. The standard InChI is InChI=1S/C20H23FN4O/c1-23-19(24-12-14-5-7-15(8-6-14)18(22)26)25-13-20(9-10-20)16-3-2-4-17(21)11-16/h2-8,11H,9-10,12-13H2,1H3,(H2,22,26)(H2,23,24,25). The Morgan fingerprint density at radius 2 is 1.92 bits per heavy atom. The number of halogens is 1. The van der Waals surface area contributed by atoms with Crippen LogP contribution in [0.15, 0.2) is 53.5 Å². The summed E-state index contributed by atoms with van der Waals surface area (Å²) in [4.78, 5) is 15.3. The third-order valence-corrected chi connectivity index (χ3v) is 4.81. The van der Waals surface area contributed by atoms with E-state index >= 15 is 0 Å². The minimum absolute atomic E-state index is 0.0111. The van der Waals surface area contributed by atoms with E-state index in [4.69, 9.17) is 5.73 Å². The van der Waals surface area contributed by atoms with Crippen molar-refractivity contribution in [2.24, 2.45) is 10.7 Å². The molecule has 1 fully saturated rings. The van der Waals surface area contributed by atoms with Gasteiger partial charge in [-0.3, -0.25) is 9.79 Å². The lowest BCUT2D eigenvalue weighted by molar-refractivity contribution is 0.100. The SMILES string of the molecule is CN=C(NCc1ccc(C(N)=O)cc1)NCC1(c2cccc(F)c2)CC1. The van der Waals surface area contributed by atoms with E-state index in [0.717, 1.165) is 24.0 Å². The zero-order chi connectivity index (χ0) is 18.6. The number of aliphatic imine (C=N–C) groups is 1. The Hall–Kier alpha value is -2.89. The molecule has 6 heteroatoms. The Morgan fingerprint density at radius 3 is 2.50 bits per heavy atom. The van der Waals surface area contributed by atoms with Crippen LogP contribution in [0.5, 0.6) is 0 Å². The Balaban J connectivity index is 1.54. The molecule has 0 aliphatic heterocycles. The molecule has 26 heavy (non-hydrogen) atoms. The molecule has 0 bridgehead atoms. The number of guanidine groups is 1. The highest BCUT2D eigenvalue weighted by molar-refractivity contribution is 5.92. The molecule has 1 aliphatic carbocycles. The van der Waals surface area contributed by atoms with Crippen LogP contribution in [0.1, 0.15) is 34.3 Å². The average Bonchev–Trinajstić information content (AvgIpc) is 3.43. The number of amides is 1. The lowest BCUT2D eigenvalue weighted by Gasteiger charge is -2.19. The van der Waals surface area contributed by atoms with Gasteiger partial charge in [-0.25, -0.2) is 4.39 Å². The zero-order valence-electron chi connectivity index (χ0n) is 14.8. The molecule has 0 aromatic heterocycles. The molecule has 0 unspecified atom stereocenters. The van der Waals surface area contributed by atoms with Crippen LogP contribution in [-0.2, 0) is 12.0 Å². The Kier molecular flexibility index (Phi) is 5.21. The molecule has 5 nitrogen and oxygen atoms in total. The van der Waals surface area contributed by atoms with Crippen LogP contribution in [0.25, 0.3) is 0 Å². The molecule has 0 heterocycles. The van der Waals surface area contributed by atoms with E-state index < -0.39 is 5.91 Å².